The fourth-order valence-electron chi connectivity index (χ4n) is 3.69. The zero-order chi connectivity index (χ0) is 21.2. The highest BCUT2D eigenvalue weighted by Gasteiger charge is 2.23. The molecule has 1 amide bonds. The van der Waals surface area contributed by atoms with E-state index < -0.39 is 0 Å². The van der Waals surface area contributed by atoms with E-state index in [0.29, 0.717) is 75.5 Å². The van der Waals surface area contributed by atoms with E-state index in [4.69, 9.17) is 25.2 Å². The Morgan fingerprint density at radius 2 is 1.65 bits per heavy atom. The van der Waals surface area contributed by atoms with E-state index in [1.807, 2.05) is 0 Å². The van der Waals surface area contributed by atoms with Crippen LogP contribution in [0.25, 0.3) is 22.3 Å². The summed E-state index contributed by atoms with van der Waals surface area (Å²) >= 11 is 0. The lowest BCUT2D eigenvalue weighted by Gasteiger charge is -2.27. The number of aromatic nitrogens is 6. The maximum absolute atomic E-state index is 12.8. The zero-order valence-corrected chi connectivity index (χ0v) is 17.0. The molecule has 0 unspecified atom stereocenters. The highest BCUT2D eigenvalue weighted by atomic mass is 16.5. The molecular formula is C19H23N9O3. The standard InChI is InChI=1S/C19H23N9O3/c20-18-21-9-13(10-22-18)16-14-11-23-28(12-15(29)26-1-5-30-6-2-26)17(14)25-19(24-16)27-3-7-31-8-4-27/h9-11H,1-8,12H2,(H2,20,21,22). The fraction of sp³-hybridized carbons (Fsp3) is 0.474. The molecule has 0 aliphatic carbocycles. The molecule has 31 heavy (non-hydrogen) atoms. The summed E-state index contributed by atoms with van der Waals surface area (Å²) in [6.07, 6.45) is 4.93. The summed E-state index contributed by atoms with van der Waals surface area (Å²) in [5.74, 6) is 0.731. The van der Waals surface area contributed by atoms with Gasteiger partial charge >= 0.3 is 0 Å². The van der Waals surface area contributed by atoms with Crippen LogP contribution in [0.15, 0.2) is 18.6 Å². The lowest BCUT2D eigenvalue weighted by Crippen LogP contribution is -2.42. The molecule has 2 fully saturated rings. The number of carbonyl (C=O) groups excluding carboxylic acids is 1. The predicted molar refractivity (Wildman–Crippen MR) is 111 cm³/mol. The van der Waals surface area contributed by atoms with Crippen molar-refractivity contribution in [2.75, 3.05) is 63.2 Å². The summed E-state index contributed by atoms with van der Waals surface area (Å²) in [5, 5.41) is 5.17. The van der Waals surface area contributed by atoms with Gasteiger partial charge in [0.2, 0.25) is 17.8 Å². The van der Waals surface area contributed by atoms with Crippen molar-refractivity contribution in [1.29, 1.82) is 0 Å². The van der Waals surface area contributed by atoms with E-state index in [2.05, 4.69) is 20.0 Å². The third-order valence-corrected chi connectivity index (χ3v) is 5.37. The maximum Gasteiger partial charge on any atom is 0.244 e. The summed E-state index contributed by atoms with van der Waals surface area (Å²) in [7, 11) is 0. The van der Waals surface area contributed by atoms with Crippen molar-refractivity contribution in [2.24, 2.45) is 0 Å². The quantitative estimate of drug-likeness (QED) is 0.585. The topological polar surface area (TPSA) is 137 Å². The third-order valence-electron chi connectivity index (χ3n) is 5.37. The van der Waals surface area contributed by atoms with Crippen molar-refractivity contribution in [3.63, 3.8) is 0 Å². The average Bonchev–Trinajstić information content (AvgIpc) is 3.23. The van der Waals surface area contributed by atoms with E-state index in [0.717, 1.165) is 5.39 Å². The van der Waals surface area contributed by atoms with Crippen LogP contribution >= 0.6 is 0 Å². The van der Waals surface area contributed by atoms with Crippen molar-refractivity contribution in [2.45, 2.75) is 6.54 Å². The Labute approximate surface area is 178 Å². The Morgan fingerprint density at radius 3 is 2.35 bits per heavy atom. The molecule has 12 heteroatoms. The minimum atomic E-state index is -0.0165. The lowest BCUT2D eigenvalue weighted by molar-refractivity contribution is -0.136. The monoisotopic (exact) mass is 425 g/mol. The van der Waals surface area contributed by atoms with Gasteiger partial charge in [-0.2, -0.15) is 10.1 Å². The van der Waals surface area contributed by atoms with Gasteiger partial charge < -0.3 is 25.0 Å². The minimum Gasteiger partial charge on any atom is -0.378 e. The number of hydrogen-bond acceptors (Lipinski definition) is 10. The molecule has 5 heterocycles. The smallest absolute Gasteiger partial charge is 0.244 e. The van der Waals surface area contributed by atoms with Gasteiger partial charge in [0, 0.05) is 44.1 Å². The van der Waals surface area contributed by atoms with Crippen LogP contribution in [0.2, 0.25) is 0 Å². The number of amides is 1. The summed E-state index contributed by atoms with van der Waals surface area (Å²) < 4.78 is 12.4. The Bertz CT molecular complexity index is 1070. The summed E-state index contributed by atoms with van der Waals surface area (Å²) in [6, 6.07) is 0. The summed E-state index contributed by atoms with van der Waals surface area (Å²) in [6.45, 7) is 4.95. The summed E-state index contributed by atoms with van der Waals surface area (Å²) in [4.78, 5) is 34.4. The fourth-order valence-corrected chi connectivity index (χ4v) is 3.69. The van der Waals surface area contributed by atoms with Gasteiger partial charge in [-0.1, -0.05) is 0 Å². The molecule has 0 atom stereocenters. The molecule has 2 aliphatic heterocycles. The molecule has 162 valence electrons. The first-order valence-corrected chi connectivity index (χ1v) is 10.2. The average molecular weight is 425 g/mol. The first-order chi connectivity index (χ1) is 15.2. The van der Waals surface area contributed by atoms with Crippen LogP contribution in [0.3, 0.4) is 0 Å². The zero-order valence-electron chi connectivity index (χ0n) is 17.0. The predicted octanol–water partition coefficient (Wildman–Crippen LogP) is -0.439. The molecule has 5 rings (SSSR count). The number of nitrogens with zero attached hydrogens (tertiary/aromatic N) is 8. The number of morpholine rings is 2. The number of anilines is 2. The van der Waals surface area contributed by atoms with Gasteiger partial charge in [-0.3, -0.25) is 4.79 Å². The molecule has 12 nitrogen and oxygen atoms in total. The van der Waals surface area contributed by atoms with Gasteiger partial charge in [0.15, 0.2) is 5.65 Å². The molecule has 2 N–H and O–H groups in total. The number of hydrogen-bond donors (Lipinski definition) is 1. The molecule has 0 aromatic carbocycles. The van der Waals surface area contributed by atoms with E-state index in [1.165, 1.54) is 0 Å². The highest BCUT2D eigenvalue weighted by Crippen LogP contribution is 2.28. The van der Waals surface area contributed by atoms with Crippen molar-refractivity contribution >= 4 is 28.8 Å². The molecule has 0 radical (unpaired) electrons. The number of nitrogens with two attached hydrogens (primary N) is 1. The van der Waals surface area contributed by atoms with Crippen molar-refractivity contribution in [1.82, 2.24) is 34.6 Å². The summed E-state index contributed by atoms with van der Waals surface area (Å²) in [5.41, 5.74) is 7.59. The number of rotatable bonds is 4. The molecular weight excluding hydrogens is 402 g/mol. The van der Waals surface area contributed by atoms with E-state index in [-0.39, 0.29) is 18.4 Å². The van der Waals surface area contributed by atoms with Gasteiger partial charge in [-0.05, 0) is 0 Å². The van der Waals surface area contributed by atoms with Crippen LogP contribution in [0, 0.1) is 0 Å². The van der Waals surface area contributed by atoms with E-state index in [9.17, 15) is 4.79 Å². The van der Waals surface area contributed by atoms with Crippen LogP contribution in [-0.2, 0) is 20.8 Å². The van der Waals surface area contributed by atoms with Crippen LogP contribution in [0.5, 0.6) is 0 Å². The maximum atomic E-state index is 12.8. The molecule has 0 bridgehead atoms. The Morgan fingerprint density at radius 1 is 0.968 bits per heavy atom. The Hall–Kier alpha value is -3.38. The lowest BCUT2D eigenvalue weighted by atomic mass is 10.2. The van der Waals surface area contributed by atoms with Crippen LogP contribution < -0.4 is 10.6 Å². The Balaban J connectivity index is 1.55. The van der Waals surface area contributed by atoms with E-state index >= 15 is 0 Å². The number of carbonyl (C=O) groups is 1. The van der Waals surface area contributed by atoms with Gasteiger partial charge in [-0.15, -0.1) is 0 Å². The van der Waals surface area contributed by atoms with Crippen molar-refractivity contribution in [3.8, 4) is 11.3 Å². The second-order valence-electron chi connectivity index (χ2n) is 7.33. The number of ether oxygens (including phenoxy) is 2. The molecule has 2 aliphatic rings. The second kappa shape index (κ2) is 8.40. The van der Waals surface area contributed by atoms with E-state index in [1.54, 1.807) is 28.2 Å². The molecule has 0 spiro atoms. The molecule has 2 saturated heterocycles. The Kier molecular flexibility index (Phi) is 5.30. The number of nitrogen functional groups attached to an aromatic ring is 1. The van der Waals surface area contributed by atoms with Gasteiger partial charge in [0.1, 0.15) is 6.54 Å². The molecule has 3 aromatic rings. The minimum absolute atomic E-state index is 0.0165. The molecule has 3 aromatic heterocycles. The van der Waals surface area contributed by atoms with Gasteiger partial charge in [0.25, 0.3) is 0 Å². The van der Waals surface area contributed by atoms with Gasteiger partial charge in [-0.25, -0.2) is 19.6 Å². The first-order valence-electron chi connectivity index (χ1n) is 10.2. The SMILES string of the molecule is Nc1ncc(-c2nc(N3CCOCC3)nc3c2cnn3CC(=O)N2CCOCC2)cn1. The van der Waals surface area contributed by atoms with Crippen molar-refractivity contribution < 1.29 is 14.3 Å². The largest absolute Gasteiger partial charge is 0.378 e. The first kappa shape index (κ1) is 19.6. The second-order valence-corrected chi connectivity index (χ2v) is 7.33. The highest BCUT2D eigenvalue weighted by molar-refractivity contribution is 5.91. The van der Waals surface area contributed by atoms with Crippen LogP contribution in [0.4, 0.5) is 11.9 Å². The van der Waals surface area contributed by atoms with Crippen LogP contribution in [0.1, 0.15) is 0 Å². The third kappa shape index (κ3) is 3.99. The normalized spacial score (nSPS) is 17.3. The number of fused-ring (bicyclic) bond motifs is 1. The molecule has 0 saturated carbocycles. The van der Waals surface area contributed by atoms with Crippen molar-refractivity contribution in [3.05, 3.63) is 18.6 Å². The van der Waals surface area contributed by atoms with Gasteiger partial charge in [0.05, 0.1) is 43.7 Å². The van der Waals surface area contributed by atoms with Crippen LogP contribution in [-0.4, -0.2) is 93.1 Å².